The Balaban J connectivity index is 1.75. The van der Waals surface area contributed by atoms with Crippen LogP contribution in [0, 0.1) is 5.92 Å². The van der Waals surface area contributed by atoms with Gasteiger partial charge in [0.1, 0.15) is 6.04 Å². The molecule has 1 heterocycles. The molecule has 29 heavy (non-hydrogen) atoms. The number of benzene rings is 1. The van der Waals surface area contributed by atoms with E-state index in [1.165, 1.54) is 5.56 Å². The van der Waals surface area contributed by atoms with Crippen molar-refractivity contribution in [3.63, 3.8) is 0 Å². The average molecular weight is 405 g/mol. The molecule has 1 aliphatic heterocycles. The van der Waals surface area contributed by atoms with Crippen LogP contribution in [0.5, 0.6) is 0 Å². The SMILES string of the molecule is CC(C)C[C@H](NC(=O)N1CCOCC1)C(=O)NNC(=O)CCCc1ccccc1. The van der Waals surface area contributed by atoms with Crippen LogP contribution < -0.4 is 16.2 Å². The number of rotatable bonds is 8. The lowest BCUT2D eigenvalue weighted by Crippen LogP contribution is -2.56. The zero-order chi connectivity index (χ0) is 21.1. The standard InChI is InChI=1S/C21H32N4O4/c1-16(2)15-18(22-21(28)25-11-13-29-14-12-25)20(27)24-23-19(26)10-6-9-17-7-4-3-5-8-17/h3-5,7-8,16,18H,6,9-15H2,1-2H3,(H,22,28)(H,23,26)(H,24,27)/t18-/m0/s1. The van der Waals surface area contributed by atoms with E-state index in [0.717, 1.165) is 6.42 Å². The lowest BCUT2D eigenvalue weighted by Gasteiger charge is -2.29. The van der Waals surface area contributed by atoms with Crippen LogP contribution in [0.4, 0.5) is 4.79 Å². The van der Waals surface area contributed by atoms with Crippen molar-refractivity contribution >= 4 is 17.8 Å². The van der Waals surface area contributed by atoms with E-state index in [1.807, 2.05) is 44.2 Å². The molecule has 0 bridgehead atoms. The zero-order valence-corrected chi connectivity index (χ0v) is 17.3. The maximum Gasteiger partial charge on any atom is 0.318 e. The van der Waals surface area contributed by atoms with Crippen LogP contribution in [0.3, 0.4) is 0 Å². The van der Waals surface area contributed by atoms with E-state index >= 15 is 0 Å². The monoisotopic (exact) mass is 404 g/mol. The van der Waals surface area contributed by atoms with E-state index in [-0.39, 0.29) is 17.9 Å². The van der Waals surface area contributed by atoms with Gasteiger partial charge in [0.2, 0.25) is 5.91 Å². The maximum atomic E-state index is 12.5. The molecule has 1 atom stereocenters. The number of hydrogen-bond donors (Lipinski definition) is 3. The Morgan fingerprint density at radius 2 is 1.76 bits per heavy atom. The highest BCUT2D eigenvalue weighted by Crippen LogP contribution is 2.07. The minimum absolute atomic E-state index is 0.206. The first-order valence-corrected chi connectivity index (χ1v) is 10.2. The van der Waals surface area contributed by atoms with Crippen molar-refractivity contribution < 1.29 is 19.1 Å². The van der Waals surface area contributed by atoms with Crippen molar-refractivity contribution in [1.29, 1.82) is 0 Å². The summed E-state index contributed by atoms with van der Waals surface area (Å²) in [5.74, 6) is -0.467. The summed E-state index contributed by atoms with van der Waals surface area (Å²) in [7, 11) is 0. The molecule has 1 saturated heterocycles. The van der Waals surface area contributed by atoms with Gasteiger partial charge in [-0.2, -0.15) is 0 Å². The van der Waals surface area contributed by atoms with Crippen LogP contribution in [-0.4, -0.2) is 55.1 Å². The second kappa shape index (κ2) is 12.1. The predicted molar refractivity (Wildman–Crippen MR) is 110 cm³/mol. The van der Waals surface area contributed by atoms with E-state index in [2.05, 4.69) is 16.2 Å². The van der Waals surface area contributed by atoms with E-state index in [0.29, 0.717) is 45.6 Å². The molecule has 1 fully saturated rings. The lowest BCUT2D eigenvalue weighted by molar-refractivity contribution is -0.130. The topological polar surface area (TPSA) is 99.8 Å². The van der Waals surface area contributed by atoms with Gasteiger partial charge in [0.25, 0.3) is 5.91 Å². The normalized spacial score (nSPS) is 14.9. The minimum atomic E-state index is -0.713. The molecule has 0 aliphatic carbocycles. The highest BCUT2D eigenvalue weighted by Gasteiger charge is 2.25. The van der Waals surface area contributed by atoms with Crippen LogP contribution in [0.1, 0.15) is 38.7 Å². The summed E-state index contributed by atoms with van der Waals surface area (Å²) in [5, 5.41) is 2.77. The van der Waals surface area contributed by atoms with Gasteiger partial charge >= 0.3 is 6.03 Å². The molecule has 8 nitrogen and oxygen atoms in total. The summed E-state index contributed by atoms with van der Waals surface area (Å²) in [4.78, 5) is 38.6. The Kier molecular flexibility index (Phi) is 9.43. The van der Waals surface area contributed by atoms with Crippen molar-refractivity contribution in [2.24, 2.45) is 5.92 Å². The van der Waals surface area contributed by atoms with Gasteiger partial charge in [-0.05, 0) is 30.7 Å². The molecular weight excluding hydrogens is 372 g/mol. The second-order valence-electron chi connectivity index (χ2n) is 7.61. The summed E-state index contributed by atoms with van der Waals surface area (Å²) in [5.41, 5.74) is 6.07. The Bertz CT molecular complexity index is 660. The van der Waals surface area contributed by atoms with Crippen LogP contribution in [0.2, 0.25) is 0 Å². The first-order chi connectivity index (χ1) is 14.0. The molecule has 0 radical (unpaired) electrons. The van der Waals surface area contributed by atoms with Gasteiger partial charge in [0, 0.05) is 19.5 Å². The van der Waals surface area contributed by atoms with Gasteiger partial charge in [-0.3, -0.25) is 20.4 Å². The summed E-state index contributed by atoms with van der Waals surface area (Å²) < 4.78 is 5.24. The van der Waals surface area contributed by atoms with Crippen molar-refractivity contribution in [3.05, 3.63) is 35.9 Å². The number of hydrazine groups is 1. The number of ether oxygens (including phenoxy) is 1. The number of morpholine rings is 1. The number of nitrogens with zero attached hydrogens (tertiary/aromatic N) is 1. The quantitative estimate of drug-likeness (QED) is 0.573. The van der Waals surface area contributed by atoms with Crippen molar-refractivity contribution in [2.75, 3.05) is 26.3 Å². The third-order valence-corrected chi connectivity index (χ3v) is 4.66. The summed E-state index contributed by atoms with van der Waals surface area (Å²) >= 11 is 0. The Labute approximate surface area is 172 Å². The van der Waals surface area contributed by atoms with Gasteiger partial charge in [-0.15, -0.1) is 0 Å². The van der Waals surface area contributed by atoms with Crippen LogP contribution >= 0.6 is 0 Å². The first kappa shape index (κ1) is 22.7. The van der Waals surface area contributed by atoms with E-state index in [1.54, 1.807) is 4.90 Å². The average Bonchev–Trinajstić information content (AvgIpc) is 2.72. The molecule has 0 saturated carbocycles. The summed E-state index contributed by atoms with van der Waals surface area (Å²) in [6.07, 6.45) is 2.28. The summed E-state index contributed by atoms with van der Waals surface area (Å²) in [6, 6.07) is 8.93. The van der Waals surface area contributed by atoms with E-state index in [4.69, 9.17) is 4.74 Å². The van der Waals surface area contributed by atoms with Crippen molar-refractivity contribution in [2.45, 2.75) is 45.6 Å². The fourth-order valence-corrected chi connectivity index (χ4v) is 3.09. The largest absolute Gasteiger partial charge is 0.378 e. The maximum absolute atomic E-state index is 12.5. The molecule has 1 aromatic carbocycles. The van der Waals surface area contributed by atoms with Crippen molar-refractivity contribution in [3.8, 4) is 0 Å². The lowest BCUT2D eigenvalue weighted by atomic mass is 10.0. The highest BCUT2D eigenvalue weighted by atomic mass is 16.5. The first-order valence-electron chi connectivity index (χ1n) is 10.2. The third kappa shape index (κ3) is 8.51. The third-order valence-electron chi connectivity index (χ3n) is 4.66. The number of nitrogens with one attached hydrogen (secondary N) is 3. The van der Waals surface area contributed by atoms with Crippen LogP contribution in [-0.2, 0) is 20.7 Å². The van der Waals surface area contributed by atoms with Crippen LogP contribution in [0.25, 0.3) is 0 Å². The fraction of sp³-hybridized carbons (Fsp3) is 0.571. The fourth-order valence-electron chi connectivity index (χ4n) is 3.09. The summed E-state index contributed by atoms with van der Waals surface area (Å²) in [6.45, 7) is 5.94. The zero-order valence-electron chi connectivity index (χ0n) is 17.3. The Morgan fingerprint density at radius 1 is 1.07 bits per heavy atom. The molecule has 2 rings (SSSR count). The Morgan fingerprint density at radius 3 is 2.41 bits per heavy atom. The smallest absolute Gasteiger partial charge is 0.318 e. The number of aryl methyl sites for hydroxylation is 1. The molecule has 0 spiro atoms. The molecular formula is C21H32N4O4. The molecule has 0 unspecified atom stereocenters. The predicted octanol–water partition coefficient (Wildman–Crippen LogP) is 1.61. The molecule has 1 aliphatic rings. The molecule has 0 aromatic heterocycles. The molecule has 3 N–H and O–H groups in total. The number of urea groups is 1. The molecule has 1 aromatic rings. The number of carbonyl (C=O) groups is 3. The number of hydrogen-bond acceptors (Lipinski definition) is 4. The second-order valence-corrected chi connectivity index (χ2v) is 7.61. The van der Waals surface area contributed by atoms with Gasteiger partial charge in [-0.25, -0.2) is 4.79 Å². The molecule has 4 amide bonds. The van der Waals surface area contributed by atoms with Crippen molar-refractivity contribution in [1.82, 2.24) is 21.1 Å². The van der Waals surface area contributed by atoms with Gasteiger partial charge in [-0.1, -0.05) is 44.2 Å². The Hall–Kier alpha value is -2.61. The van der Waals surface area contributed by atoms with E-state index < -0.39 is 11.9 Å². The number of carbonyl (C=O) groups excluding carboxylic acids is 3. The van der Waals surface area contributed by atoms with Crippen LogP contribution in [0.15, 0.2) is 30.3 Å². The molecule has 160 valence electrons. The number of amides is 4. The van der Waals surface area contributed by atoms with E-state index in [9.17, 15) is 14.4 Å². The van der Waals surface area contributed by atoms with Gasteiger partial charge in [0.05, 0.1) is 13.2 Å². The van der Waals surface area contributed by atoms with Gasteiger partial charge < -0.3 is 15.0 Å². The van der Waals surface area contributed by atoms with Gasteiger partial charge in [0.15, 0.2) is 0 Å². The molecule has 8 heteroatoms. The minimum Gasteiger partial charge on any atom is -0.378 e. The highest BCUT2D eigenvalue weighted by molar-refractivity contribution is 5.88.